The molecule has 9 nitrogen and oxygen atoms in total. The van der Waals surface area contributed by atoms with Crippen LogP contribution in [0.15, 0.2) is 72.1 Å². The number of carbonyl (C=O) groups excluding carboxylic acids is 5. The van der Waals surface area contributed by atoms with E-state index in [9.17, 15) is 24.0 Å². The Bertz CT molecular complexity index is 1520. The van der Waals surface area contributed by atoms with Gasteiger partial charge in [-0.2, -0.15) is 0 Å². The minimum absolute atomic E-state index is 0.125. The van der Waals surface area contributed by atoms with Gasteiger partial charge >= 0.3 is 5.97 Å². The van der Waals surface area contributed by atoms with Crippen LogP contribution in [0.2, 0.25) is 0 Å². The topological polar surface area (TPSA) is 136 Å². The predicted octanol–water partition coefficient (Wildman–Crippen LogP) is 3.60. The number of amides is 4. The van der Waals surface area contributed by atoms with E-state index in [0.717, 1.165) is 21.6 Å². The molecule has 4 aromatic rings. The minimum atomic E-state index is -0.774. The van der Waals surface area contributed by atoms with Crippen LogP contribution in [0.25, 0.3) is 10.8 Å². The van der Waals surface area contributed by atoms with Crippen molar-refractivity contribution in [2.75, 3.05) is 16.8 Å². The van der Waals surface area contributed by atoms with Gasteiger partial charge in [-0.3, -0.25) is 19.2 Å². The van der Waals surface area contributed by atoms with Gasteiger partial charge in [-0.1, -0.05) is 24.3 Å². The van der Waals surface area contributed by atoms with Gasteiger partial charge < -0.3 is 15.8 Å². The molecule has 0 bridgehead atoms. The smallest absolute Gasteiger partial charge is 0.338 e. The molecule has 1 aromatic heterocycles. The van der Waals surface area contributed by atoms with E-state index in [-0.39, 0.29) is 16.1 Å². The Balaban J connectivity index is 1.28. The third kappa shape index (κ3) is 3.99. The summed E-state index contributed by atoms with van der Waals surface area (Å²) in [7, 11) is 0. The molecular weight excluding hydrogens is 482 g/mol. The molecule has 0 radical (unpaired) electrons. The van der Waals surface area contributed by atoms with Crippen LogP contribution in [0.4, 0.5) is 10.7 Å². The Morgan fingerprint density at radius 2 is 1.53 bits per heavy atom. The van der Waals surface area contributed by atoms with E-state index in [2.05, 4.69) is 5.32 Å². The van der Waals surface area contributed by atoms with Crippen molar-refractivity contribution in [2.45, 2.75) is 0 Å². The Hall–Kier alpha value is -4.83. The third-order valence-corrected chi connectivity index (χ3v) is 6.48. The van der Waals surface area contributed by atoms with Crippen molar-refractivity contribution in [1.82, 2.24) is 0 Å². The van der Waals surface area contributed by atoms with Gasteiger partial charge in [0.15, 0.2) is 6.61 Å². The second-order valence-electron chi connectivity index (χ2n) is 7.85. The number of rotatable bonds is 6. The second-order valence-corrected chi connectivity index (χ2v) is 8.77. The molecule has 0 atom stereocenters. The summed E-state index contributed by atoms with van der Waals surface area (Å²) in [6, 6.07) is 17.8. The van der Waals surface area contributed by atoms with E-state index in [0.29, 0.717) is 22.2 Å². The van der Waals surface area contributed by atoms with Gasteiger partial charge in [-0.05, 0) is 53.2 Å². The number of thiophene rings is 1. The van der Waals surface area contributed by atoms with Crippen molar-refractivity contribution < 1.29 is 28.7 Å². The molecule has 178 valence electrons. The van der Waals surface area contributed by atoms with Crippen LogP contribution < -0.4 is 16.0 Å². The van der Waals surface area contributed by atoms with Crippen LogP contribution in [0, 0.1) is 0 Å². The van der Waals surface area contributed by atoms with E-state index in [1.165, 1.54) is 30.3 Å². The lowest BCUT2D eigenvalue weighted by molar-refractivity contribution is -0.119. The SMILES string of the molecule is NC(=O)c1ccsc1NC(=O)COC(=O)c1ccc(N2C(=O)c3cccc4cccc(c34)C2=O)cc1. The summed E-state index contributed by atoms with van der Waals surface area (Å²) in [5.74, 6) is -3.01. The van der Waals surface area contributed by atoms with Crippen molar-refractivity contribution in [3.8, 4) is 0 Å². The first kappa shape index (κ1) is 22.9. The maximum atomic E-state index is 13.1. The van der Waals surface area contributed by atoms with Crippen LogP contribution >= 0.6 is 11.3 Å². The second kappa shape index (κ2) is 9.08. The third-order valence-electron chi connectivity index (χ3n) is 5.65. The van der Waals surface area contributed by atoms with Crippen LogP contribution in [0.1, 0.15) is 41.4 Å². The number of anilines is 2. The number of primary amides is 1. The largest absolute Gasteiger partial charge is 0.452 e. The fourth-order valence-electron chi connectivity index (χ4n) is 3.99. The number of carbonyl (C=O) groups is 5. The maximum Gasteiger partial charge on any atom is 0.338 e. The van der Waals surface area contributed by atoms with Crippen molar-refractivity contribution in [2.24, 2.45) is 5.73 Å². The normalized spacial score (nSPS) is 12.5. The van der Waals surface area contributed by atoms with Gasteiger partial charge in [0.25, 0.3) is 23.6 Å². The summed E-state index contributed by atoms with van der Waals surface area (Å²) >= 11 is 1.11. The van der Waals surface area contributed by atoms with Crippen molar-refractivity contribution in [3.05, 3.63) is 94.4 Å². The minimum Gasteiger partial charge on any atom is -0.452 e. The molecule has 1 aliphatic heterocycles. The number of benzene rings is 3. The predicted molar refractivity (Wildman–Crippen MR) is 133 cm³/mol. The molecule has 0 saturated heterocycles. The van der Waals surface area contributed by atoms with Crippen LogP contribution in [-0.4, -0.2) is 36.2 Å². The van der Waals surface area contributed by atoms with E-state index in [1.54, 1.807) is 29.6 Å². The van der Waals surface area contributed by atoms with Gasteiger partial charge in [0, 0.05) is 16.5 Å². The quantitative estimate of drug-likeness (QED) is 0.307. The number of hydrogen-bond donors (Lipinski definition) is 2. The summed E-state index contributed by atoms with van der Waals surface area (Å²) in [5, 5.41) is 5.76. The molecule has 10 heteroatoms. The van der Waals surface area contributed by atoms with Crippen molar-refractivity contribution in [1.29, 1.82) is 0 Å². The van der Waals surface area contributed by atoms with Crippen LogP contribution in [0.3, 0.4) is 0 Å². The zero-order valence-electron chi connectivity index (χ0n) is 18.5. The van der Waals surface area contributed by atoms with Gasteiger partial charge in [0.1, 0.15) is 5.00 Å². The Kier molecular flexibility index (Phi) is 5.79. The number of nitrogens with zero attached hydrogens (tertiary/aromatic N) is 1. The Morgan fingerprint density at radius 3 is 2.14 bits per heavy atom. The van der Waals surface area contributed by atoms with E-state index in [4.69, 9.17) is 10.5 Å². The molecule has 3 N–H and O–H groups in total. The molecule has 2 heterocycles. The standard InChI is InChI=1S/C26H17N3O6S/c27-22(31)19-11-12-36-23(19)28-20(30)13-35-26(34)15-7-9-16(10-8-15)29-24(32)17-5-1-3-14-4-2-6-18(21(14)17)25(29)33/h1-12H,13H2,(H2,27,31)(H,28,30). The average Bonchev–Trinajstić information content (AvgIpc) is 3.34. The van der Waals surface area contributed by atoms with E-state index >= 15 is 0 Å². The van der Waals surface area contributed by atoms with Gasteiger partial charge in [0.2, 0.25) is 0 Å². The van der Waals surface area contributed by atoms with Gasteiger partial charge in [-0.25, -0.2) is 9.69 Å². The molecule has 0 unspecified atom stereocenters. The number of nitrogens with two attached hydrogens (primary N) is 1. The fraction of sp³-hybridized carbons (Fsp3) is 0.0385. The first-order valence-corrected chi connectivity index (χ1v) is 11.6. The lowest BCUT2D eigenvalue weighted by Crippen LogP contribution is -2.40. The fourth-order valence-corrected chi connectivity index (χ4v) is 4.80. The van der Waals surface area contributed by atoms with Gasteiger partial charge in [0.05, 0.1) is 16.8 Å². The molecule has 0 saturated carbocycles. The summed E-state index contributed by atoms with van der Waals surface area (Å²) < 4.78 is 5.04. The van der Waals surface area contributed by atoms with Crippen molar-refractivity contribution >= 4 is 62.4 Å². The number of nitrogens with one attached hydrogen (secondary N) is 1. The van der Waals surface area contributed by atoms with Crippen LogP contribution in [-0.2, 0) is 9.53 Å². The highest BCUT2D eigenvalue weighted by molar-refractivity contribution is 7.14. The van der Waals surface area contributed by atoms with Crippen molar-refractivity contribution in [3.63, 3.8) is 0 Å². The molecule has 36 heavy (non-hydrogen) atoms. The molecule has 4 amide bonds. The maximum absolute atomic E-state index is 13.1. The molecule has 0 spiro atoms. The molecule has 3 aromatic carbocycles. The molecule has 0 aliphatic carbocycles. The van der Waals surface area contributed by atoms with E-state index < -0.39 is 36.2 Å². The lowest BCUT2D eigenvalue weighted by atomic mass is 9.94. The first-order chi connectivity index (χ1) is 17.3. The molecular formula is C26H17N3O6S. The lowest BCUT2D eigenvalue weighted by Gasteiger charge is -2.27. The summed E-state index contributed by atoms with van der Waals surface area (Å²) in [4.78, 5) is 63.2. The number of esters is 1. The summed E-state index contributed by atoms with van der Waals surface area (Å²) in [6.45, 7) is -0.583. The summed E-state index contributed by atoms with van der Waals surface area (Å²) in [5.41, 5.74) is 6.66. The summed E-state index contributed by atoms with van der Waals surface area (Å²) in [6.07, 6.45) is 0. The van der Waals surface area contributed by atoms with Gasteiger partial charge in [-0.15, -0.1) is 11.3 Å². The number of hydrogen-bond acceptors (Lipinski definition) is 7. The zero-order valence-corrected chi connectivity index (χ0v) is 19.3. The molecule has 1 aliphatic rings. The average molecular weight is 500 g/mol. The highest BCUT2D eigenvalue weighted by Crippen LogP contribution is 2.32. The van der Waals surface area contributed by atoms with E-state index in [1.807, 2.05) is 12.1 Å². The van der Waals surface area contributed by atoms with Crippen LogP contribution in [0.5, 0.6) is 0 Å². The highest BCUT2D eigenvalue weighted by atomic mass is 32.1. The highest BCUT2D eigenvalue weighted by Gasteiger charge is 2.33. The Labute approximate surface area is 208 Å². The zero-order chi connectivity index (χ0) is 25.4. The monoisotopic (exact) mass is 499 g/mol. The number of ether oxygens (including phenoxy) is 1. The molecule has 5 rings (SSSR count). The number of imide groups is 1. The molecule has 0 fully saturated rings. The Morgan fingerprint density at radius 1 is 0.889 bits per heavy atom. The first-order valence-electron chi connectivity index (χ1n) is 10.7.